The van der Waals surface area contributed by atoms with Crippen LogP contribution >= 0.6 is 22.9 Å². The molecule has 0 aliphatic heterocycles. The van der Waals surface area contributed by atoms with Gasteiger partial charge in [0.25, 0.3) is 5.56 Å². The van der Waals surface area contributed by atoms with Crippen LogP contribution in [0.2, 0.25) is 0 Å². The van der Waals surface area contributed by atoms with Crippen LogP contribution in [0.4, 0.5) is 13.9 Å². The monoisotopic (exact) mass is 449 g/mol. The quantitative estimate of drug-likeness (QED) is 0.498. The predicted octanol–water partition coefficient (Wildman–Crippen LogP) is 2.57. The van der Waals surface area contributed by atoms with Gasteiger partial charge in [-0.15, -0.1) is 11.3 Å². The average molecular weight is 449 g/mol. The summed E-state index contributed by atoms with van der Waals surface area (Å²) in [5.41, 5.74) is -0.581. The number of nitrogens with one attached hydrogen (secondary N) is 2. The number of hydrogen-bond acceptors (Lipinski definition) is 7. The molecule has 0 atom stereocenters. The third-order valence-corrected chi connectivity index (χ3v) is 6.04. The van der Waals surface area contributed by atoms with Gasteiger partial charge in [-0.1, -0.05) is 0 Å². The number of anilines is 1. The molecule has 0 saturated carbocycles. The molecule has 0 spiro atoms. The van der Waals surface area contributed by atoms with Gasteiger partial charge in [-0.3, -0.25) is 19.1 Å². The van der Waals surface area contributed by atoms with Crippen LogP contribution in [0.25, 0.3) is 21.5 Å². The molecule has 0 saturated heterocycles. The van der Waals surface area contributed by atoms with Gasteiger partial charge >= 0.3 is 5.69 Å². The molecule has 1 aromatic carbocycles. The third kappa shape index (κ3) is 3.44. The second-order valence-corrected chi connectivity index (χ2v) is 8.06. The molecule has 0 aliphatic carbocycles. The van der Waals surface area contributed by atoms with E-state index in [1.54, 1.807) is 5.38 Å². The highest BCUT2D eigenvalue weighted by Gasteiger charge is 2.18. The van der Waals surface area contributed by atoms with Crippen molar-refractivity contribution in [3.05, 3.63) is 61.2 Å². The number of hydrogen-bond donors (Lipinski definition) is 2. The molecule has 0 bridgehead atoms. The van der Waals surface area contributed by atoms with E-state index >= 15 is 0 Å². The lowest BCUT2D eigenvalue weighted by atomic mass is 10.1. The zero-order chi connectivity index (χ0) is 21.6. The lowest BCUT2D eigenvalue weighted by Gasteiger charge is -2.04. The number of thiazole rings is 1. The fourth-order valence-electron chi connectivity index (χ4n) is 2.82. The predicted molar refractivity (Wildman–Crippen MR) is 110 cm³/mol. The van der Waals surface area contributed by atoms with Gasteiger partial charge in [-0.2, -0.15) is 4.37 Å². The molecule has 4 rings (SSSR count). The van der Waals surface area contributed by atoms with E-state index in [0.29, 0.717) is 4.83 Å². The molecule has 4 aromatic rings. The summed E-state index contributed by atoms with van der Waals surface area (Å²) in [4.78, 5) is 43.4. The summed E-state index contributed by atoms with van der Waals surface area (Å²) in [5, 5.41) is 4.53. The Morgan fingerprint density at radius 3 is 2.83 bits per heavy atom. The molecule has 3 aromatic heterocycles. The summed E-state index contributed by atoms with van der Waals surface area (Å²) in [6.45, 7) is 1.33. The standard InChI is InChI=1S/C18H13F2N5O3S2/c1-7-9(19)4-3-8(14(7)20)11-6-29-17(21-11)22-12(26)5-10-13-15(30-24-10)23-18(28)25(2)16(13)27/h3-4,6H,5H2,1-2H3,(H,23,28)(H,21,22,26). The van der Waals surface area contributed by atoms with Crippen molar-refractivity contribution in [2.75, 3.05) is 5.32 Å². The van der Waals surface area contributed by atoms with Crippen LogP contribution in [0.1, 0.15) is 11.3 Å². The fourth-order valence-corrected chi connectivity index (χ4v) is 4.33. The van der Waals surface area contributed by atoms with E-state index in [1.807, 2.05) is 0 Å². The van der Waals surface area contributed by atoms with Crippen molar-refractivity contribution >= 4 is 44.1 Å². The van der Waals surface area contributed by atoms with Crippen LogP contribution in [0.3, 0.4) is 0 Å². The minimum atomic E-state index is -0.711. The summed E-state index contributed by atoms with van der Waals surface area (Å²) >= 11 is 2.00. The van der Waals surface area contributed by atoms with Gasteiger partial charge in [-0.05, 0) is 30.6 Å². The number of amides is 1. The molecule has 0 radical (unpaired) electrons. The van der Waals surface area contributed by atoms with E-state index in [1.165, 1.54) is 20.0 Å². The van der Waals surface area contributed by atoms with Crippen molar-refractivity contribution in [2.45, 2.75) is 13.3 Å². The van der Waals surface area contributed by atoms with Gasteiger partial charge in [0.2, 0.25) is 5.91 Å². The van der Waals surface area contributed by atoms with E-state index in [9.17, 15) is 23.2 Å². The van der Waals surface area contributed by atoms with Crippen LogP contribution < -0.4 is 16.6 Å². The summed E-state index contributed by atoms with van der Waals surface area (Å²) in [6.07, 6.45) is -0.208. The minimum Gasteiger partial charge on any atom is -0.302 e. The Morgan fingerprint density at radius 2 is 2.07 bits per heavy atom. The molecule has 12 heteroatoms. The summed E-state index contributed by atoms with van der Waals surface area (Å²) in [6, 6.07) is 2.44. The second-order valence-electron chi connectivity index (χ2n) is 6.42. The lowest BCUT2D eigenvalue weighted by molar-refractivity contribution is -0.115. The molecule has 1 amide bonds. The number of carbonyl (C=O) groups is 1. The molecule has 2 N–H and O–H groups in total. The number of fused-ring (bicyclic) bond motifs is 1. The highest BCUT2D eigenvalue weighted by atomic mass is 32.1. The number of halogens is 2. The summed E-state index contributed by atoms with van der Waals surface area (Å²) in [7, 11) is 1.33. The number of H-pyrrole nitrogens is 1. The summed E-state index contributed by atoms with van der Waals surface area (Å²) < 4.78 is 32.8. The lowest BCUT2D eigenvalue weighted by Crippen LogP contribution is -2.32. The maximum absolute atomic E-state index is 14.3. The van der Waals surface area contributed by atoms with Crippen LogP contribution in [0.5, 0.6) is 0 Å². The van der Waals surface area contributed by atoms with Gasteiger partial charge in [0, 0.05) is 23.6 Å². The van der Waals surface area contributed by atoms with Gasteiger partial charge in [0.05, 0.1) is 23.2 Å². The smallest absolute Gasteiger partial charge is 0.302 e. The Bertz CT molecular complexity index is 1420. The highest BCUT2D eigenvalue weighted by Crippen LogP contribution is 2.29. The Balaban J connectivity index is 1.56. The van der Waals surface area contributed by atoms with Crippen LogP contribution in [0, 0.1) is 18.6 Å². The molecular formula is C18H13F2N5O3S2. The zero-order valence-electron chi connectivity index (χ0n) is 15.6. The first-order chi connectivity index (χ1) is 14.3. The average Bonchev–Trinajstić information content (AvgIpc) is 3.31. The molecule has 0 unspecified atom stereocenters. The first kappa shape index (κ1) is 20.0. The fraction of sp³-hybridized carbons (Fsp3) is 0.167. The van der Waals surface area contributed by atoms with E-state index in [4.69, 9.17) is 0 Å². The van der Waals surface area contributed by atoms with Crippen LogP contribution in [0.15, 0.2) is 27.1 Å². The summed E-state index contributed by atoms with van der Waals surface area (Å²) in [5.74, 6) is -1.84. The molecule has 0 aliphatic rings. The molecule has 3 heterocycles. The molecule has 30 heavy (non-hydrogen) atoms. The van der Waals surface area contributed by atoms with Crippen molar-refractivity contribution in [1.82, 2.24) is 18.9 Å². The Morgan fingerprint density at radius 1 is 1.30 bits per heavy atom. The Hall–Kier alpha value is -3.25. The normalized spacial score (nSPS) is 11.2. The number of carbonyl (C=O) groups excluding carboxylic acids is 1. The Kier molecular flexibility index (Phi) is 5.03. The number of nitrogens with zero attached hydrogens (tertiary/aromatic N) is 3. The minimum absolute atomic E-state index is 0.110. The van der Waals surface area contributed by atoms with Gasteiger partial charge in [0.15, 0.2) is 5.13 Å². The molecule has 154 valence electrons. The van der Waals surface area contributed by atoms with Gasteiger partial charge < -0.3 is 5.32 Å². The van der Waals surface area contributed by atoms with E-state index < -0.39 is 28.8 Å². The first-order valence-corrected chi connectivity index (χ1v) is 10.2. The Labute approximate surface area is 175 Å². The number of aromatic amines is 1. The largest absolute Gasteiger partial charge is 0.329 e. The molecular weight excluding hydrogens is 436 g/mol. The van der Waals surface area contributed by atoms with Crippen LogP contribution in [-0.2, 0) is 18.3 Å². The van der Waals surface area contributed by atoms with E-state index in [0.717, 1.165) is 33.5 Å². The van der Waals surface area contributed by atoms with Crippen LogP contribution in [-0.4, -0.2) is 24.8 Å². The number of rotatable bonds is 4. The maximum atomic E-state index is 14.3. The van der Waals surface area contributed by atoms with E-state index in [2.05, 4.69) is 19.7 Å². The van der Waals surface area contributed by atoms with Crippen molar-refractivity contribution in [2.24, 2.45) is 7.05 Å². The molecule has 0 fully saturated rings. The second kappa shape index (κ2) is 7.54. The van der Waals surface area contributed by atoms with Crippen molar-refractivity contribution in [3.8, 4) is 11.3 Å². The maximum Gasteiger partial charge on any atom is 0.329 e. The molecule has 8 nitrogen and oxygen atoms in total. The van der Waals surface area contributed by atoms with Crippen molar-refractivity contribution in [3.63, 3.8) is 0 Å². The van der Waals surface area contributed by atoms with Gasteiger partial charge in [-0.25, -0.2) is 18.6 Å². The third-order valence-electron chi connectivity index (χ3n) is 4.48. The first-order valence-electron chi connectivity index (χ1n) is 8.54. The van der Waals surface area contributed by atoms with Crippen molar-refractivity contribution in [1.29, 1.82) is 0 Å². The number of benzene rings is 1. The zero-order valence-corrected chi connectivity index (χ0v) is 17.2. The highest BCUT2D eigenvalue weighted by molar-refractivity contribution is 7.14. The topological polar surface area (TPSA) is 110 Å². The SMILES string of the molecule is Cc1c(F)ccc(-c2csc(NC(=O)Cc3nsc4[nH]c(=O)n(C)c(=O)c34)n2)c1F. The van der Waals surface area contributed by atoms with E-state index in [-0.39, 0.29) is 39.5 Å². The van der Waals surface area contributed by atoms with Crippen molar-refractivity contribution < 1.29 is 13.6 Å². The van der Waals surface area contributed by atoms with Gasteiger partial charge in [0.1, 0.15) is 16.5 Å². The number of aromatic nitrogens is 4.